The Balaban J connectivity index is 3.35. The fourth-order valence-corrected chi connectivity index (χ4v) is 3.33. The Hall–Kier alpha value is -0.610. The average molecular weight is 359 g/mol. The zero-order valence-electron chi connectivity index (χ0n) is 16.4. The van der Waals surface area contributed by atoms with Crippen molar-refractivity contribution in [2.75, 3.05) is 6.61 Å². The van der Waals surface area contributed by atoms with Gasteiger partial charge in [0.1, 0.15) is 0 Å². The number of aliphatic hydroxyl groups is 2. The van der Waals surface area contributed by atoms with Crippen LogP contribution in [-0.2, 0) is 4.79 Å². The van der Waals surface area contributed by atoms with E-state index in [9.17, 15) is 9.90 Å². The second-order valence-electron chi connectivity index (χ2n) is 7.49. The van der Waals surface area contributed by atoms with Gasteiger partial charge in [0, 0.05) is 0 Å². The van der Waals surface area contributed by atoms with E-state index in [1.54, 1.807) is 0 Å². The molecule has 0 rings (SSSR count). The van der Waals surface area contributed by atoms with Crippen molar-refractivity contribution in [1.29, 1.82) is 0 Å². The molecule has 4 nitrogen and oxygen atoms in total. The van der Waals surface area contributed by atoms with Crippen LogP contribution in [0.3, 0.4) is 0 Å². The molecule has 0 saturated carbocycles. The number of carboxylic acids is 1. The first-order valence-corrected chi connectivity index (χ1v) is 10.6. The lowest BCUT2D eigenvalue weighted by Crippen LogP contribution is -2.23. The van der Waals surface area contributed by atoms with E-state index in [1.165, 1.54) is 77.0 Å². The van der Waals surface area contributed by atoms with Crippen molar-refractivity contribution in [3.8, 4) is 0 Å². The van der Waals surface area contributed by atoms with E-state index in [0.29, 0.717) is 6.42 Å². The fourth-order valence-electron chi connectivity index (χ4n) is 3.33. The van der Waals surface area contributed by atoms with Crippen LogP contribution in [0.1, 0.15) is 110 Å². The number of unbranched alkanes of at least 4 members (excludes halogenated alkanes) is 13. The maximum absolute atomic E-state index is 11.1. The van der Waals surface area contributed by atoms with Crippen LogP contribution in [0.25, 0.3) is 0 Å². The molecule has 0 aromatic rings. The lowest BCUT2D eigenvalue weighted by molar-refractivity contribution is -0.143. The summed E-state index contributed by atoms with van der Waals surface area (Å²) in [6.07, 6.45) is 17.9. The summed E-state index contributed by atoms with van der Waals surface area (Å²) in [6, 6.07) is 0. The number of aliphatic carboxylic acids is 1. The first kappa shape index (κ1) is 24.4. The summed E-state index contributed by atoms with van der Waals surface area (Å²) < 4.78 is 0. The largest absolute Gasteiger partial charge is 0.481 e. The second-order valence-corrected chi connectivity index (χ2v) is 7.49. The van der Waals surface area contributed by atoms with Gasteiger partial charge in [-0.25, -0.2) is 0 Å². The van der Waals surface area contributed by atoms with Gasteiger partial charge in [0.15, 0.2) is 0 Å². The van der Waals surface area contributed by atoms with Crippen LogP contribution in [0.15, 0.2) is 0 Å². The molecule has 0 bridgehead atoms. The molecule has 0 fully saturated rings. The van der Waals surface area contributed by atoms with Gasteiger partial charge in [-0.1, -0.05) is 96.8 Å². The van der Waals surface area contributed by atoms with Crippen LogP contribution in [-0.4, -0.2) is 34.0 Å². The summed E-state index contributed by atoms with van der Waals surface area (Å²) in [7, 11) is 0. The molecule has 0 aliphatic heterocycles. The highest BCUT2D eigenvalue weighted by molar-refractivity contribution is 5.69. The molecule has 0 saturated heterocycles. The van der Waals surface area contributed by atoms with Gasteiger partial charge in [-0.2, -0.15) is 0 Å². The van der Waals surface area contributed by atoms with Crippen molar-refractivity contribution in [1.82, 2.24) is 0 Å². The third-order valence-electron chi connectivity index (χ3n) is 5.02. The van der Waals surface area contributed by atoms with Gasteiger partial charge in [-0.3, -0.25) is 4.79 Å². The molecule has 4 heteroatoms. The topological polar surface area (TPSA) is 77.8 Å². The molecule has 150 valence electrons. The molecule has 0 aliphatic rings. The van der Waals surface area contributed by atoms with E-state index < -0.39 is 18.0 Å². The summed E-state index contributed by atoms with van der Waals surface area (Å²) in [5.41, 5.74) is 0. The van der Waals surface area contributed by atoms with Crippen LogP contribution >= 0.6 is 0 Å². The van der Waals surface area contributed by atoms with Gasteiger partial charge < -0.3 is 15.3 Å². The molecule has 0 aromatic carbocycles. The molecule has 0 aromatic heterocycles. The van der Waals surface area contributed by atoms with Crippen molar-refractivity contribution >= 4 is 5.97 Å². The van der Waals surface area contributed by atoms with E-state index in [0.717, 1.165) is 12.8 Å². The quantitative estimate of drug-likeness (QED) is 0.274. The summed E-state index contributed by atoms with van der Waals surface area (Å²) in [5, 5.41) is 27.3. The molecule has 2 atom stereocenters. The maximum atomic E-state index is 11.1. The van der Waals surface area contributed by atoms with Gasteiger partial charge >= 0.3 is 5.97 Å². The van der Waals surface area contributed by atoms with Gasteiger partial charge in [-0.15, -0.1) is 0 Å². The monoisotopic (exact) mass is 358 g/mol. The molecule has 0 spiro atoms. The fraction of sp³-hybridized carbons (Fsp3) is 0.952. The van der Waals surface area contributed by atoms with Crippen molar-refractivity contribution in [2.24, 2.45) is 5.92 Å². The molecule has 25 heavy (non-hydrogen) atoms. The molecular formula is C21H42O4. The first-order chi connectivity index (χ1) is 12.1. The normalized spacial score (nSPS) is 13.7. The number of aliphatic hydroxyl groups excluding tert-OH is 2. The molecule has 0 amide bonds. The van der Waals surface area contributed by atoms with Gasteiger partial charge in [0.2, 0.25) is 0 Å². The Kier molecular flexibility index (Phi) is 17.7. The van der Waals surface area contributed by atoms with Gasteiger partial charge in [-0.05, 0) is 12.8 Å². The van der Waals surface area contributed by atoms with Crippen molar-refractivity contribution in [3.63, 3.8) is 0 Å². The van der Waals surface area contributed by atoms with Gasteiger partial charge in [0.25, 0.3) is 0 Å². The van der Waals surface area contributed by atoms with E-state index in [4.69, 9.17) is 10.2 Å². The van der Waals surface area contributed by atoms with Crippen molar-refractivity contribution < 1.29 is 20.1 Å². The maximum Gasteiger partial charge on any atom is 0.306 e. The molecule has 3 N–H and O–H groups in total. The highest BCUT2D eigenvalue weighted by atomic mass is 16.4. The van der Waals surface area contributed by atoms with Crippen molar-refractivity contribution in [3.05, 3.63) is 0 Å². The number of hydrogen-bond donors (Lipinski definition) is 3. The first-order valence-electron chi connectivity index (χ1n) is 10.6. The standard InChI is InChI=1S/C21H42O4/c1-2-3-4-5-6-7-8-9-10-11-12-13-14-15-16-19(21(24)25)17-20(23)18-22/h19-20,22-23H,2-18H2,1H3,(H,24,25)/t19-,20+/m0/s1. The average Bonchev–Trinajstić information content (AvgIpc) is 2.60. The minimum absolute atomic E-state index is 0.157. The third-order valence-corrected chi connectivity index (χ3v) is 5.02. The summed E-state index contributed by atoms with van der Waals surface area (Å²) in [4.78, 5) is 11.1. The molecule has 0 radical (unpaired) electrons. The highest BCUT2D eigenvalue weighted by Crippen LogP contribution is 2.18. The zero-order valence-corrected chi connectivity index (χ0v) is 16.4. The van der Waals surface area contributed by atoms with Crippen LogP contribution in [0.4, 0.5) is 0 Å². The van der Waals surface area contributed by atoms with Crippen LogP contribution in [0.5, 0.6) is 0 Å². The Morgan fingerprint density at radius 2 is 1.16 bits per heavy atom. The predicted molar refractivity (Wildman–Crippen MR) is 104 cm³/mol. The lowest BCUT2D eigenvalue weighted by Gasteiger charge is -2.15. The van der Waals surface area contributed by atoms with E-state index in [1.807, 2.05) is 0 Å². The van der Waals surface area contributed by atoms with Gasteiger partial charge in [0.05, 0.1) is 18.6 Å². The minimum Gasteiger partial charge on any atom is -0.481 e. The highest BCUT2D eigenvalue weighted by Gasteiger charge is 2.20. The lowest BCUT2D eigenvalue weighted by atomic mass is 9.94. The molecule has 0 unspecified atom stereocenters. The Morgan fingerprint density at radius 1 is 0.760 bits per heavy atom. The van der Waals surface area contributed by atoms with Crippen LogP contribution in [0.2, 0.25) is 0 Å². The third kappa shape index (κ3) is 16.6. The smallest absolute Gasteiger partial charge is 0.306 e. The molecule has 0 heterocycles. The van der Waals surface area contributed by atoms with Crippen LogP contribution in [0, 0.1) is 5.92 Å². The number of carbonyl (C=O) groups is 1. The SMILES string of the molecule is CCCCCCCCCCCCCCCC[C@@H](C[C@@H](O)CO)C(=O)O. The van der Waals surface area contributed by atoms with E-state index >= 15 is 0 Å². The minimum atomic E-state index is -0.909. The molecule has 0 aliphatic carbocycles. The van der Waals surface area contributed by atoms with E-state index in [2.05, 4.69) is 6.92 Å². The summed E-state index contributed by atoms with van der Waals surface area (Å²) in [5.74, 6) is -1.39. The summed E-state index contributed by atoms with van der Waals surface area (Å²) >= 11 is 0. The number of hydrogen-bond acceptors (Lipinski definition) is 3. The number of rotatable bonds is 19. The van der Waals surface area contributed by atoms with Crippen molar-refractivity contribution in [2.45, 2.75) is 116 Å². The number of carboxylic acid groups (broad SMARTS) is 1. The summed E-state index contributed by atoms with van der Waals surface area (Å²) in [6.45, 7) is 1.90. The Labute approximate surface area is 155 Å². The zero-order chi connectivity index (χ0) is 18.8. The Bertz CT molecular complexity index is 294. The predicted octanol–water partition coefficient (Wildman–Crippen LogP) is 5.30. The van der Waals surface area contributed by atoms with Crippen LogP contribution < -0.4 is 0 Å². The Morgan fingerprint density at radius 3 is 1.52 bits per heavy atom. The molecular weight excluding hydrogens is 316 g/mol. The second kappa shape index (κ2) is 18.2. The van der Waals surface area contributed by atoms with E-state index in [-0.39, 0.29) is 13.0 Å².